The molecule has 1 fully saturated rings. The van der Waals surface area contributed by atoms with E-state index in [1.807, 2.05) is 23.1 Å². The first kappa shape index (κ1) is 16.3. The van der Waals surface area contributed by atoms with E-state index in [0.29, 0.717) is 25.3 Å². The van der Waals surface area contributed by atoms with E-state index in [0.717, 1.165) is 34.4 Å². The fraction of sp³-hybridized carbons (Fsp3) is 0.316. The third-order valence-corrected chi connectivity index (χ3v) is 5.15. The van der Waals surface area contributed by atoms with Gasteiger partial charge in [0.25, 0.3) is 5.91 Å². The number of hydrogen-bond donors (Lipinski definition) is 1. The summed E-state index contributed by atoms with van der Waals surface area (Å²) in [5.74, 6) is 1.32. The molecule has 2 aromatic rings. The fourth-order valence-electron chi connectivity index (χ4n) is 3.46. The van der Waals surface area contributed by atoms with E-state index in [9.17, 15) is 9.90 Å². The number of phenols is 1. The number of carbonyl (C=O) groups excluding carboxylic acids is 1. The average Bonchev–Trinajstić information content (AvgIpc) is 3.12. The third kappa shape index (κ3) is 3.06. The Hall–Kier alpha value is -2.21. The number of likely N-dealkylation sites (tertiary alicyclic amines) is 1. The number of benzene rings is 2. The molecular weight excluding hydrogens is 386 g/mol. The van der Waals surface area contributed by atoms with Gasteiger partial charge >= 0.3 is 0 Å². The molecule has 130 valence electrons. The molecule has 2 aliphatic heterocycles. The molecule has 0 bridgehead atoms. The Morgan fingerprint density at radius 3 is 2.76 bits per heavy atom. The summed E-state index contributed by atoms with van der Waals surface area (Å²) in [4.78, 5) is 14.8. The van der Waals surface area contributed by atoms with E-state index in [-0.39, 0.29) is 17.7 Å². The summed E-state index contributed by atoms with van der Waals surface area (Å²) in [5, 5.41) is 10.1. The minimum absolute atomic E-state index is 0.000948. The summed E-state index contributed by atoms with van der Waals surface area (Å²) in [5.41, 5.74) is 1.35. The molecule has 0 radical (unpaired) electrons. The van der Waals surface area contributed by atoms with Crippen molar-refractivity contribution < 1.29 is 19.4 Å². The summed E-state index contributed by atoms with van der Waals surface area (Å²) in [6, 6.07) is 10.7. The lowest BCUT2D eigenvalue weighted by Crippen LogP contribution is -2.30. The van der Waals surface area contributed by atoms with Gasteiger partial charge < -0.3 is 19.5 Å². The molecule has 2 heterocycles. The van der Waals surface area contributed by atoms with Crippen LogP contribution in [0.15, 0.2) is 40.9 Å². The highest BCUT2D eigenvalue weighted by Gasteiger charge is 2.32. The number of phenolic OH excluding ortho intramolecular Hbond substituents is 1. The Morgan fingerprint density at radius 2 is 1.92 bits per heavy atom. The minimum atomic E-state index is -0.156. The maximum atomic E-state index is 13.0. The maximum absolute atomic E-state index is 13.0. The summed E-state index contributed by atoms with van der Waals surface area (Å²) < 4.78 is 12.0. The number of nitrogens with zero attached hydrogens (tertiary/aromatic N) is 1. The molecule has 4 rings (SSSR count). The zero-order valence-electron chi connectivity index (χ0n) is 13.6. The topological polar surface area (TPSA) is 59.0 Å². The van der Waals surface area contributed by atoms with Crippen LogP contribution in [0.5, 0.6) is 17.2 Å². The molecule has 1 unspecified atom stereocenters. The van der Waals surface area contributed by atoms with Crippen LogP contribution in [-0.4, -0.2) is 35.7 Å². The Morgan fingerprint density at radius 1 is 1.12 bits per heavy atom. The molecule has 6 heteroatoms. The molecule has 0 aromatic heterocycles. The van der Waals surface area contributed by atoms with Gasteiger partial charge in [-0.25, -0.2) is 0 Å². The molecule has 2 aliphatic rings. The lowest BCUT2D eigenvalue weighted by atomic mass is 10.0. The second-order valence-corrected chi connectivity index (χ2v) is 7.14. The van der Waals surface area contributed by atoms with E-state index < -0.39 is 0 Å². The van der Waals surface area contributed by atoms with Crippen molar-refractivity contribution in [1.82, 2.24) is 4.90 Å². The number of rotatable bonds is 2. The van der Waals surface area contributed by atoms with Crippen LogP contribution in [0.4, 0.5) is 0 Å². The third-order valence-electron chi connectivity index (χ3n) is 4.65. The van der Waals surface area contributed by atoms with E-state index in [1.165, 1.54) is 6.07 Å². The number of halogens is 1. The van der Waals surface area contributed by atoms with Gasteiger partial charge in [0.05, 0.1) is 11.6 Å². The predicted molar refractivity (Wildman–Crippen MR) is 96.3 cm³/mol. The number of carbonyl (C=O) groups is 1. The highest BCUT2D eigenvalue weighted by molar-refractivity contribution is 9.10. The summed E-state index contributed by atoms with van der Waals surface area (Å²) >= 11 is 3.36. The molecular formula is C19H18BrNO4. The lowest BCUT2D eigenvalue weighted by molar-refractivity contribution is 0.0732. The van der Waals surface area contributed by atoms with E-state index in [1.54, 1.807) is 12.1 Å². The Kier molecular flexibility index (Phi) is 4.29. The number of ether oxygens (including phenoxy) is 2. The van der Waals surface area contributed by atoms with Gasteiger partial charge in [-0.2, -0.15) is 0 Å². The normalized spacial score (nSPS) is 19.1. The standard InChI is InChI=1S/C19H18BrNO4/c20-13-4-5-16(22)14(11-13)19(23)21-7-1-2-15(21)12-3-6-17-18(10-12)25-9-8-24-17/h3-6,10-11,15,22H,1-2,7-9H2. The van der Waals surface area contributed by atoms with Gasteiger partial charge in [-0.05, 0) is 48.7 Å². The molecule has 1 saturated heterocycles. The first-order valence-corrected chi connectivity index (χ1v) is 9.12. The van der Waals surface area contributed by atoms with Gasteiger partial charge in [0.1, 0.15) is 19.0 Å². The Labute approximate surface area is 154 Å². The van der Waals surface area contributed by atoms with Crippen LogP contribution >= 0.6 is 15.9 Å². The van der Waals surface area contributed by atoms with Gasteiger partial charge in [-0.1, -0.05) is 22.0 Å². The molecule has 5 nitrogen and oxygen atoms in total. The smallest absolute Gasteiger partial charge is 0.258 e. The lowest BCUT2D eigenvalue weighted by Gasteiger charge is -2.27. The second kappa shape index (κ2) is 6.59. The van der Waals surface area contributed by atoms with Crippen LogP contribution in [0.25, 0.3) is 0 Å². The number of fused-ring (bicyclic) bond motifs is 1. The van der Waals surface area contributed by atoms with Crippen LogP contribution in [0.3, 0.4) is 0 Å². The Balaban J connectivity index is 1.64. The average molecular weight is 404 g/mol. The van der Waals surface area contributed by atoms with Crippen molar-refractivity contribution in [2.24, 2.45) is 0 Å². The van der Waals surface area contributed by atoms with Crippen LogP contribution in [-0.2, 0) is 0 Å². The number of aromatic hydroxyl groups is 1. The van der Waals surface area contributed by atoms with Gasteiger partial charge in [0.2, 0.25) is 0 Å². The molecule has 0 spiro atoms. The summed E-state index contributed by atoms with van der Waals surface area (Å²) in [6.07, 6.45) is 1.82. The van der Waals surface area contributed by atoms with Crippen molar-refractivity contribution in [3.63, 3.8) is 0 Å². The fourth-order valence-corrected chi connectivity index (χ4v) is 3.82. The molecule has 0 aliphatic carbocycles. The summed E-state index contributed by atoms with van der Waals surface area (Å²) in [6.45, 7) is 1.77. The summed E-state index contributed by atoms with van der Waals surface area (Å²) in [7, 11) is 0. The van der Waals surface area contributed by atoms with E-state index in [4.69, 9.17) is 9.47 Å². The predicted octanol–water partition coefficient (Wildman–Crippen LogP) is 3.90. The van der Waals surface area contributed by atoms with Crippen molar-refractivity contribution in [3.05, 3.63) is 52.0 Å². The molecule has 1 atom stereocenters. The van der Waals surface area contributed by atoms with Crippen LogP contribution in [0.1, 0.15) is 34.8 Å². The first-order valence-electron chi connectivity index (χ1n) is 8.32. The monoisotopic (exact) mass is 403 g/mol. The van der Waals surface area contributed by atoms with E-state index in [2.05, 4.69) is 15.9 Å². The molecule has 1 amide bonds. The maximum Gasteiger partial charge on any atom is 0.258 e. The van der Waals surface area contributed by atoms with Crippen molar-refractivity contribution in [3.8, 4) is 17.2 Å². The molecule has 2 aromatic carbocycles. The van der Waals surface area contributed by atoms with Gasteiger partial charge in [-0.3, -0.25) is 4.79 Å². The zero-order chi connectivity index (χ0) is 17.4. The molecule has 25 heavy (non-hydrogen) atoms. The van der Waals surface area contributed by atoms with Crippen LogP contribution in [0.2, 0.25) is 0 Å². The minimum Gasteiger partial charge on any atom is -0.507 e. The number of hydrogen-bond acceptors (Lipinski definition) is 4. The van der Waals surface area contributed by atoms with Crippen molar-refractivity contribution in [2.45, 2.75) is 18.9 Å². The van der Waals surface area contributed by atoms with Crippen molar-refractivity contribution in [1.29, 1.82) is 0 Å². The first-order chi connectivity index (χ1) is 12.1. The highest BCUT2D eigenvalue weighted by atomic mass is 79.9. The van der Waals surface area contributed by atoms with E-state index >= 15 is 0 Å². The van der Waals surface area contributed by atoms with Crippen LogP contribution in [0, 0.1) is 0 Å². The molecule has 0 saturated carbocycles. The molecule has 1 N–H and O–H groups in total. The van der Waals surface area contributed by atoms with Gasteiger partial charge in [0.15, 0.2) is 11.5 Å². The van der Waals surface area contributed by atoms with Crippen molar-refractivity contribution >= 4 is 21.8 Å². The zero-order valence-corrected chi connectivity index (χ0v) is 15.2. The van der Waals surface area contributed by atoms with Crippen molar-refractivity contribution in [2.75, 3.05) is 19.8 Å². The second-order valence-electron chi connectivity index (χ2n) is 6.22. The highest BCUT2D eigenvalue weighted by Crippen LogP contribution is 2.39. The number of amides is 1. The SMILES string of the molecule is O=C(c1cc(Br)ccc1O)N1CCCC1c1ccc2c(c1)OCCO2. The largest absolute Gasteiger partial charge is 0.507 e. The van der Waals surface area contributed by atoms with Crippen LogP contribution < -0.4 is 9.47 Å². The quantitative estimate of drug-likeness (QED) is 0.825. The van der Waals surface area contributed by atoms with Gasteiger partial charge in [-0.15, -0.1) is 0 Å². The van der Waals surface area contributed by atoms with Gasteiger partial charge in [0, 0.05) is 11.0 Å². The Bertz CT molecular complexity index is 823.